The Morgan fingerprint density at radius 3 is 2.43 bits per heavy atom. The van der Waals surface area contributed by atoms with Gasteiger partial charge in [-0.3, -0.25) is 14.5 Å². The number of hydrogen-bond acceptors (Lipinski definition) is 5. The number of benzene rings is 2. The van der Waals surface area contributed by atoms with E-state index >= 15 is 0 Å². The highest BCUT2D eigenvalue weighted by Gasteiger charge is 2.26. The molecule has 0 aromatic heterocycles. The van der Waals surface area contributed by atoms with Crippen LogP contribution in [0, 0.1) is 5.92 Å². The standard InChI is InChI=1S/C22H26ClN3O4/c1-30-20-7-5-18(6-8-20)24-21(27)13-16(22(28)29)15-25-9-11-26(12-10-25)19-4-2-3-17(23)14-19/h2-8,14,16H,9-13,15H2,1H3,(H,24,27)(H,28,29)/t16-/m1/s1. The van der Waals surface area contributed by atoms with E-state index in [0.29, 0.717) is 23.0 Å². The predicted molar refractivity (Wildman–Crippen MR) is 117 cm³/mol. The highest BCUT2D eigenvalue weighted by molar-refractivity contribution is 6.30. The number of carbonyl (C=O) groups excluding carboxylic acids is 1. The molecular formula is C22H26ClN3O4. The molecule has 1 amide bonds. The van der Waals surface area contributed by atoms with Gasteiger partial charge in [0.15, 0.2) is 0 Å². The average Bonchev–Trinajstić information content (AvgIpc) is 2.74. The number of halogens is 1. The Balaban J connectivity index is 1.50. The fourth-order valence-corrected chi connectivity index (χ4v) is 3.70. The second kappa shape index (κ2) is 10.3. The maximum absolute atomic E-state index is 12.3. The first-order valence-corrected chi connectivity index (χ1v) is 10.2. The molecular weight excluding hydrogens is 406 g/mol. The number of nitrogens with one attached hydrogen (secondary N) is 1. The molecule has 30 heavy (non-hydrogen) atoms. The molecule has 1 atom stereocenters. The van der Waals surface area contributed by atoms with Crippen molar-refractivity contribution in [2.75, 3.05) is 50.1 Å². The summed E-state index contributed by atoms with van der Waals surface area (Å²) in [5.41, 5.74) is 1.68. The molecule has 2 aromatic rings. The van der Waals surface area contributed by atoms with E-state index < -0.39 is 11.9 Å². The summed E-state index contributed by atoms with van der Waals surface area (Å²) < 4.78 is 5.09. The van der Waals surface area contributed by atoms with Crippen LogP contribution in [0.25, 0.3) is 0 Å². The summed E-state index contributed by atoms with van der Waals surface area (Å²) in [6.07, 6.45) is -0.0735. The lowest BCUT2D eigenvalue weighted by Crippen LogP contribution is -2.48. The van der Waals surface area contributed by atoms with Gasteiger partial charge in [0, 0.05) is 55.5 Å². The smallest absolute Gasteiger partial charge is 0.308 e. The van der Waals surface area contributed by atoms with Crippen molar-refractivity contribution in [1.29, 1.82) is 0 Å². The molecule has 2 N–H and O–H groups in total. The summed E-state index contributed by atoms with van der Waals surface area (Å²) in [7, 11) is 1.57. The molecule has 7 nitrogen and oxygen atoms in total. The number of amides is 1. The monoisotopic (exact) mass is 431 g/mol. The zero-order valence-corrected chi connectivity index (χ0v) is 17.6. The van der Waals surface area contributed by atoms with Gasteiger partial charge in [-0.1, -0.05) is 17.7 Å². The van der Waals surface area contributed by atoms with Gasteiger partial charge in [0.2, 0.25) is 5.91 Å². The van der Waals surface area contributed by atoms with E-state index in [-0.39, 0.29) is 12.3 Å². The van der Waals surface area contributed by atoms with Gasteiger partial charge in [0.1, 0.15) is 5.75 Å². The number of carboxylic acids is 1. The zero-order valence-electron chi connectivity index (χ0n) is 16.9. The summed E-state index contributed by atoms with van der Waals surface area (Å²) in [6.45, 7) is 3.37. The van der Waals surface area contributed by atoms with E-state index in [9.17, 15) is 14.7 Å². The number of piperazine rings is 1. The van der Waals surface area contributed by atoms with Gasteiger partial charge in [0.05, 0.1) is 13.0 Å². The molecule has 0 radical (unpaired) electrons. The van der Waals surface area contributed by atoms with E-state index in [1.807, 2.05) is 24.3 Å². The van der Waals surface area contributed by atoms with Crippen LogP contribution < -0.4 is 15.0 Å². The molecule has 0 unspecified atom stereocenters. The number of carbonyl (C=O) groups is 2. The number of ether oxygens (including phenoxy) is 1. The molecule has 1 fully saturated rings. The number of carboxylic acid groups (broad SMARTS) is 1. The SMILES string of the molecule is COc1ccc(NC(=O)C[C@H](CN2CCN(c3cccc(Cl)c3)CC2)C(=O)O)cc1. The third kappa shape index (κ3) is 6.11. The fraction of sp³-hybridized carbons (Fsp3) is 0.364. The highest BCUT2D eigenvalue weighted by atomic mass is 35.5. The Kier molecular flexibility index (Phi) is 7.54. The van der Waals surface area contributed by atoms with Crippen LogP contribution in [-0.2, 0) is 9.59 Å². The second-order valence-electron chi connectivity index (χ2n) is 7.28. The molecule has 0 bridgehead atoms. The number of hydrogen-bond donors (Lipinski definition) is 2. The van der Waals surface area contributed by atoms with Crippen molar-refractivity contribution in [3.8, 4) is 5.75 Å². The quantitative estimate of drug-likeness (QED) is 0.668. The van der Waals surface area contributed by atoms with Gasteiger partial charge >= 0.3 is 5.97 Å². The Morgan fingerprint density at radius 1 is 1.13 bits per heavy atom. The number of nitrogens with zero attached hydrogens (tertiary/aromatic N) is 2. The van der Waals surface area contributed by atoms with Crippen LogP contribution >= 0.6 is 11.6 Å². The van der Waals surface area contributed by atoms with Crippen molar-refractivity contribution in [3.63, 3.8) is 0 Å². The summed E-state index contributed by atoms with van der Waals surface area (Å²) in [6, 6.07) is 14.6. The number of rotatable bonds is 8. The molecule has 1 saturated heterocycles. The molecule has 160 valence electrons. The second-order valence-corrected chi connectivity index (χ2v) is 7.72. The van der Waals surface area contributed by atoms with Crippen molar-refractivity contribution in [3.05, 3.63) is 53.6 Å². The summed E-state index contributed by atoms with van der Waals surface area (Å²) in [4.78, 5) is 28.4. The highest BCUT2D eigenvalue weighted by Crippen LogP contribution is 2.21. The normalized spacial score (nSPS) is 15.5. The molecule has 0 spiro atoms. The lowest BCUT2D eigenvalue weighted by atomic mass is 10.0. The van der Waals surface area contributed by atoms with Crippen LogP contribution in [0.15, 0.2) is 48.5 Å². The van der Waals surface area contributed by atoms with Crippen molar-refractivity contribution >= 4 is 34.9 Å². The van der Waals surface area contributed by atoms with E-state index in [0.717, 1.165) is 31.9 Å². The van der Waals surface area contributed by atoms with Crippen LogP contribution in [0.1, 0.15) is 6.42 Å². The Labute approximate surface area is 181 Å². The maximum Gasteiger partial charge on any atom is 0.308 e. The predicted octanol–water partition coefficient (Wildman–Crippen LogP) is 3.20. The van der Waals surface area contributed by atoms with Gasteiger partial charge in [-0.15, -0.1) is 0 Å². The molecule has 2 aromatic carbocycles. The largest absolute Gasteiger partial charge is 0.497 e. The lowest BCUT2D eigenvalue weighted by molar-refractivity contribution is -0.144. The van der Waals surface area contributed by atoms with Gasteiger partial charge in [-0.25, -0.2) is 0 Å². The number of methoxy groups -OCH3 is 1. The third-order valence-electron chi connectivity index (χ3n) is 5.18. The van der Waals surface area contributed by atoms with E-state index in [1.165, 1.54) is 0 Å². The number of anilines is 2. The molecule has 3 rings (SSSR count). The van der Waals surface area contributed by atoms with Gasteiger partial charge in [0.25, 0.3) is 0 Å². The number of aliphatic carboxylic acids is 1. The first-order chi connectivity index (χ1) is 14.4. The molecule has 1 heterocycles. The molecule has 0 saturated carbocycles. The Bertz CT molecular complexity index is 867. The van der Waals surface area contributed by atoms with Crippen LogP contribution in [0.4, 0.5) is 11.4 Å². The molecule has 0 aliphatic carbocycles. The van der Waals surface area contributed by atoms with Gasteiger partial charge in [-0.05, 0) is 42.5 Å². The van der Waals surface area contributed by atoms with E-state index in [1.54, 1.807) is 31.4 Å². The fourth-order valence-electron chi connectivity index (χ4n) is 3.51. The summed E-state index contributed by atoms with van der Waals surface area (Å²) in [5.74, 6) is -1.35. The van der Waals surface area contributed by atoms with Crippen LogP contribution in [-0.4, -0.2) is 61.7 Å². The van der Waals surface area contributed by atoms with Crippen molar-refractivity contribution < 1.29 is 19.4 Å². The van der Waals surface area contributed by atoms with Crippen molar-refractivity contribution in [2.24, 2.45) is 5.92 Å². The molecule has 1 aliphatic rings. The average molecular weight is 432 g/mol. The van der Waals surface area contributed by atoms with Crippen LogP contribution in [0.5, 0.6) is 5.75 Å². The van der Waals surface area contributed by atoms with Crippen LogP contribution in [0.3, 0.4) is 0 Å². The minimum absolute atomic E-state index is 0.0735. The van der Waals surface area contributed by atoms with E-state index in [4.69, 9.17) is 16.3 Å². The zero-order chi connectivity index (χ0) is 21.5. The molecule has 8 heteroatoms. The van der Waals surface area contributed by atoms with Crippen molar-refractivity contribution in [2.45, 2.75) is 6.42 Å². The maximum atomic E-state index is 12.3. The first kappa shape index (κ1) is 21.9. The summed E-state index contributed by atoms with van der Waals surface area (Å²) in [5, 5.41) is 13.0. The van der Waals surface area contributed by atoms with E-state index in [2.05, 4.69) is 15.1 Å². The Hall–Kier alpha value is -2.77. The lowest BCUT2D eigenvalue weighted by Gasteiger charge is -2.37. The van der Waals surface area contributed by atoms with Gasteiger partial charge in [-0.2, -0.15) is 0 Å². The topological polar surface area (TPSA) is 82.1 Å². The Morgan fingerprint density at radius 2 is 1.83 bits per heavy atom. The minimum Gasteiger partial charge on any atom is -0.497 e. The van der Waals surface area contributed by atoms with Gasteiger partial charge < -0.3 is 20.1 Å². The third-order valence-corrected chi connectivity index (χ3v) is 5.41. The summed E-state index contributed by atoms with van der Waals surface area (Å²) >= 11 is 6.07. The molecule has 1 aliphatic heterocycles. The first-order valence-electron chi connectivity index (χ1n) is 9.84. The van der Waals surface area contributed by atoms with Crippen molar-refractivity contribution in [1.82, 2.24) is 4.90 Å². The van der Waals surface area contributed by atoms with Crippen LogP contribution in [0.2, 0.25) is 5.02 Å². The minimum atomic E-state index is -0.961.